The summed E-state index contributed by atoms with van der Waals surface area (Å²) in [6.07, 6.45) is 4.49. The number of anilines is 1. The molecule has 4 nitrogen and oxygen atoms in total. The molecule has 136 valence electrons. The molecule has 0 spiro atoms. The van der Waals surface area contributed by atoms with Crippen LogP contribution in [0.2, 0.25) is 0 Å². The Morgan fingerprint density at radius 1 is 1.00 bits per heavy atom. The molecule has 27 heavy (non-hydrogen) atoms. The van der Waals surface area contributed by atoms with Crippen LogP contribution in [0.4, 0.5) is 10.1 Å². The lowest BCUT2D eigenvalue weighted by Gasteiger charge is -2.21. The normalized spacial score (nSPS) is 13.4. The molecule has 3 aromatic rings. The number of carbonyl (C=O) groups excluding carboxylic acids is 1. The number of fused-ring (bicyclic) bond motifs is 2. The van der Waals surface area contributed by atoms with Crippen molar-refractivity contribution in [3.63, 3.8) is 0 Å². The summed E-state index contributed by atoms with van der Waals surface area (Å²) in [5, 5.41) is 6.06. The lowest BCUT2D eigenvalue weighted by molar-refractivity contribution is -0.115. The van der Waals surface area contributed by atoms with Crippen molar-refractivity contribution in [1.29, 1.82) is 0 Å². The molecule has 0 unspecified atom stereocenters. The summed E-state index contributed by atoms with van der Waals surface area (Å²) in [6.45, 7) is 0.115. The van der Waals surface area contributed by atoms with Crippen LogP contribution in [-0.2, 0) is 17.6 Å². The van der Waals surface area contributed by atoms with Crippen molar-refractivity contribution in [2.45, 2.75) is 18.9 Å². The van der Waals surface area contributed by atoms with E-state index in [0.29, 0.717) is 5.69 Å². The highest BCUT2D eigenvalue weighted by molar-refractivity contribution is 5.92. The van der Waals surface area contributed by atoms with E-state index in [1.165, 1.54) is 34.5 Å². The summed E-state index contributed by atoms with van der Waals surface area (Å²) in [7, 11) is 0. The molecule has 0 bridgehead atoms. The van der Waals surface area contributed by atoms with E-state index in [2.05, 4.69) is 52.0 Å². The topological polar surface area (TPSA) is 54.0 Å². The second-order valence-electron chi connectivity index (χ2n) is 6.65. The average Bonchev–Trinajstić information content (AvgIpc) is 2.83. The number of nitrogens with one attached hydrogen (secondary N) is 2. The predicted octanol–water partition coefficient (Wildman–Crippen LogP) is 3.64. The second kappa shape index (κ2) is 7.68. The van der Waals surface area contributed by atoms with E-state index in [-0.39, 0.29) is 18.5 Å². The minimum Gasteiger partial charge on any atom is -0.324 e. The van der Waals surface area contributed by atoms with Crippen LogP contribution in [0, 0.1) is 5.82 Å². The first-order chi connectivity index (χ1) is 13.2. The van der Waals surface area contributed by atoms with E-state index in [1.54, 1.807) is 0 Å². The van der Waals surface area contributed by atoms with Gasteiger partial charge in [-0.3, -0.25) is 15.1 Å². The van der Waals surface area contributed by atoms with Crippen molar-refractivity contribution in [3.05, 3.63) is 95.1 Å². The Hall–Kier alpha value is -3.05. The minimum absolute atomic E-state index is 0.0590. The van der Waals surface area contributed by atoms with Gasteiger partial charge in [-0.2, -0.15) is 0 Å². The van der Waals surface area contributed by atoms with Crippen LogP contribution in [0.5, 0.6) is 0 Å². The van der Waals surface area contributed by atoms with Crippen LogP contribution in [-0.4, -0.2) is 17.4 Å². The molecule has 2 N–H and O–H groups in total. The fraction of sp³-hybridized carbons (Fsp3) is 0.182. The zero-order valence-electron chi connectivity index (χ0n) is 14.8. The number of amides is 1. The highest BCUT2D eigenvalue weighted by atomic mass is 19.1. The Labute approximate surface area is 157 Å². The number of nitrogens with zero attached hydrogens (tertiary/aromatic N) is 1. The summed E-state index contributed by atoms with van der Waals surface area (Å²) < 4.78 is 13.2. The minimum atomic E-state index is -0.479. The van der Waals surface area contributed by atoms with E-state index >= 15 is 0 Å². The number of halogens is 1. The van der Waals surface area contributed by atoms with Gasteiger partial charge in [0, 0.05) is 6.07 Å². The molecule has 0 fully saturated rings. The quantitative estimate of drug-likeness (QED) is 0.746. The smallest absolute Gasteiger partial charge is 0.238 e. The van der Waals surface area contributed by atoms with Crippen LogP contribution in [0.3, 0.4) is 0 Å². The molecule has 0 aliphatic heterocycles. The zero-order chi connectivity index (χ0) is 18.6. The summed E-state index contributed by atoms with van der Waals surface area (Å²) in [4.78, 5) is 16.1. The standard InChI is InChI=1S/C22H20FN3O/c23-17-11-18(13-24-12-17)26-21(27)14-25-22-19-7-3-1-5-15(19)9-10-16-6-2-4-8-20(16)22/h1-8,11-13,22,25H,9-10,14H2,(H,26,27). The molecule has 1 heterocycles. The van der Waals surface area contributed by atoms with Gasteiger partial charge in [-0.15, -0.1) is 0 Å². The first-order valence-corrected chi connectivity index (χ1v) is 9.00. The van der Waals surface area contributed by atoms with E-state index in [1.807, 2.05) is 12.1 Å². The molecule has 1 aliphatic carbocycles. The molecule has 0 radical (unpaired) electrons. The van der Waals surface area contributed by atoms with Crippen molar-refractivity contribution < 1.29 is 9.18 Å². The Balaban J connectivity index is 1.55. The number of benzene rings is 2. The van der Waals surface area contributed by atoms with Gasteiger partial charge in [0.15, 0.2) is 0 Å². The van der Waals surface area contributed by atoms with E-state index < -0.39 is 5.82 Å². The summed E-state index contributed by atoms with van der Waals surface area (Å²) in [5.41, 5.74) is 5.33. The Kier molecular flexibility index (Phi) is 4.94. The fourth-order valence-corrected chi connectivity index (χ4v) is 3.62. The number of hydrogen-bond donors (Lipinski definition) is 2. The second-order valence-corrected chi connectivity index (χ2v) is 6.65. The molecular formula is C22H20FN3O. The average molecular weight is 361 g/mol. The van der Waals surface area contributed by atoms with Gasteiger partial charge in [-0.05, 0) is 35.1 Å². The van der Waals surface area contributed by atoms with Crippen LogP contribution in [0.1, 0.15) is 28.3 Å². The molecular weight excluding hydrogens is 341 g/mol. The van der Waals surface area contributed by atoms with E-state index in [4.69, 9.17) is 0 Å². The van der Waals surface area contributed by atoms with Crippen LogP contribution in [0.25, 0.3) is 0 Å². The highest BCUT2D eigenvalue weighted by Gasteiger charge is 2.23. The maximum absolute atomic E-state index is 13.2. The Bertz CT molecular complexity index is 926. The summed E-state index contributed by atoms with van der Waals surface area (Å²) >= 11 is 0. The van der Waals surface area contributed by atoms with Crippen molar-refractivity contribution in [1.82, 2.24) is 10.3 Å². The molecule has 1 amide bonds. The predicted molar refractivity (Wildman–Crippen MR) is 103 cm³/mol. The van der Waals surface area contributed by atoms with Gasteiger partial charge >= 0.3 is 0 Å². The van der Waals surface area contributed by atoms with Gasteiger partial charge < -0.3 is 5.32 Å². The molecule has 2 aromatic carbocycles. The number of carbonyl (C=O) groups is 1. The summed E-state index contributed by atoms with van der Waals surface area (Å²) in [6, 6.07) is 17.9. The number of hydrogen-bond acceptors (Lipinski definition) is 3. The SMILES string of the molecule is O=C(CNC1c2ccccc2CCc2ccccc21)Nc1cncc(F)c1. The van der Waals surface area contributed by atoms with Gasteiger partial charge in [-0.1, -0.05) is 48.5 Å². The largest absolute Gasteiger partial charge is 0.324 e. The van der Waals surface area contributed by atoms with E-state index in [9.17, 15) is 9.18 Å². The van der Waals surface area contributed by atoms with E-state index in [0.717, 1.165) is 19.0 Å². The van der Waals surface area contributed by atoms with Gasteiger partial charge in [0.2, 0.25) is 5.91 Å². The third kappa shape index (κ3) is 3.88. The van der Waals surface area contributed by atoms with Gasteiger partial charge in [-0.25, -0.2) is 4.39 Å². The molecule has 1 aliphatic rings. The number of pyridine rings is 1. The molecule has 0 saturated carbocycles. The van der Waals surface area contributed by atoms with Gasteiger partial charge in [0.05, 0.1) is 30.7 Å². The van der Waals surface area contributed by atoms with Gasteiger partial charge in [0.1, 0.15) is 5.82 Å². The van der Waals surface area contributed by atoms with Gasteiger partial charge in [0.25, 0.3) is 0 Å². The zero-order valence-corrected chi connectivity index (χ0v) is 14.8. The van der Waals surface area contributed by atoms with Crippen LogP contribution >= 0.6 is 0 Å². The van der Waals surface area contributed by atoms with Crippen molar-refractivity contribution in [3.8, 4) is 0 Å². The Morgan fingerprint density at radius 3 is 2.26 bits per heavy atom. The third-order valence-electron chi connectivity index (χ3n) is 4.85. The van der Waals surface area contributed by atoms with Crippen LogP contribution < -0.4 is 10.6 Å². The molecule has 1 aromatic heterocycles. The first-order valence-electron chi connectivity index (χ1n) is 9.00. The molecule has 5 heteroatoms. The van der Waals surface area contributed by atoms with Crippen molar-refractivity contribution in [2.75, 3.05) is 11.9 Å². The maximum Gasteiger partial charge on any atom is 0.238 e. The lowest BCUT2D eigenvalue weighted by Crippen LogP contribution is -2.32. The summed E-state index contributed by atoms with van der Waals surface area (Å²) in [5.74, 6) is -0.714. The lowest BCUT2D eigenvalue weighted by atomic mass is 9.94. The Morgan fingerprint density at radius 2 is 1.63 bits per heavy atom. The number of rotatable bonds is 4. The monoisotopic (exact) mass is 361 g/mol. The van der Waals surface area contributed by atoms with Crippen molar-refractivity contribution >= 4 is 11.6 Å². The molecule has 4 rings (SSSR count). The first kappa shape index (κ1) is 17.4. The maximum atomic E-state index is 13.2. The molecule has 0 atom stereocenters. The fourth-order valence-electron chi connectivity index (χ4n) is 3.62. The van der Waals surface area contributed by atoms with Crippen LogP contribution in [0.15, 0.2) is 67.0 Å². The number of aryl methyl sites for hydroxylation is 2. The number of aromatic nitrogens is 1. The highest BCUT2D eigenvalue weighted by Crippen LogP contribution is 2.32. The molecule has 0 saturated heterocycles. The third-order valence-corrected chi connectivity index (χ3v) is 4.85. The van der Waals surface area contributed by atoms with Crippen molar-refractivity contribution in [2.24, 2.45) is 0 Å².